The van der Waals surface area contributed by atoms with Crippen molar-refractivity contribution in [2.75, 3.05) is 0 Å². The molecule has 3 rings (SSSR count). The molecule has 5 heteroatoms. The van der Waals surface area contributed by atoms with Gasteiger partial charge in [0.2, 0.25) is 0 Å². The lowest BCUT2D eigenvalue weighted by atomic mass is 10.1. The van der Waals surface area contributed by atoms with Crippen molar-refractivity contribution >= 4 is 11.0 Å². The molecule has 1 atom stereocenters. The summed E-state index contributed by atoms with van der Waals surface area (Å²) in [7, 11) is 0. The molecule has 0 amide bonds. The highest BCUT2D eigenvalue weighted by Crippen LogP contribution is 2.26. The first-order valence-electron chi connectivity index (χ1n) is 8.07. The SMILES string of the molecule is CCC(N)c1nc2cc(C)c(C)cc2n1Cc1c(C)noc1C. The highest BCUT2D eigenvalue weighted by atomic mass is 16.5. The number of hydrogen-bond donors (Lipinski definition) is 1. The Morgan fingerprint density at radius 2 is 1.87 bits per heavy atom. The van der Waals surface area contributed by atoms with Crippen molar-refractivity contribution in [3.8, 4) is 0 Å². The number of imidazole rings is 1. The molecule has 0 saturated heterocycles. The number of rotatable bonds is 4. The van der Waals surface area contributed by atoms with Crippen LogP contribution in [0.4, 0.5) is 0 Å². The first kappa shape index (κ1) is 15.7. The zero-order chi connectivity index (χ0) is 16.7. The zero-order valence-corrected chi connectivity index (χ0v) is 14.5. The quantitative estimate of drug-likeness (QED) is 0.797. The van der Waals surface area contributed by atoms with E-state index in [4.69, 9.17) is 15.2 Å². The first-order chi connectivity index (χ1) is 10.9. The Morgan fingerprint density at radius 3 is 2.48 bits per heavy atom. The van der Waals surface area contributed by atoms with E-state index in [2.05, 4.69) is 42.6 Å². The molecule has 0 saturated carbocycles. The molecule has 3 aromatic rings. The van der Waals surface area contributed by atoms with Crippen molar-refractivity contribution in [3.63, 3.8) is 0 Å². The zero-order valence-electron chi connectivity index (χ0n) is 14.5. The Bertz CT molecular complexity index is 840. The Hall–Kier alpha value is -2.14. The predicted molar refractivity (Wildman–Crippen MR) is 91.5 cm³/mol. The van der Waals surface area contributed by atoms with Crippen molar-refractivity contribution in [2.24, 2.45) is 5.73 Å². The summed E-state index contributed by atoms with van der Waals surface area (Å²) < 4.78 is 7.52. The smallest absolute Gasteiger partial charge is 0.138 e. The number of nitrogens with zero attached hydrogens (tertiary/aromatic N) is 3. The van der Waals surface area contributed by atoms with E-state index < -0.39 is 0 Å². The van der Waals surface area contributed by atoms with Gasteiger partial charge in [0, 0.05) is 5.56 Å². The average molecular weight is 312 g/mol. The minimum Gasteiger partial charge on any atom is -0.361 e. The highest BCUT2D eigenvalue weighted by Gasteiger charge is 2.19. The predicted octanol–water partition coefficient (Wildman–Crippen LogP) is 3.72. The van der Waals surface area contributed by atoms with Gasteiger partial charge in [0.25, 0.3) is 0 Å². The lowest BCUT2D eigenvalue weighted by Gasteiger charge is -2.13. The maximum atomic E-state index is 6.32. The second-order valence-corrected chi connectivity index (χ2v) is 6.30. The van der Waals surface area contributed by atoms with Crippen molar-refractivity contribution in [2.45, 2.75) is 53.6 Å². The maximum Gasteiger partial charge on any atom is 0.138 e. The third kappa shape index (κ3) is 2.65. The largest absolute Gasteiger partial charge is 0.361 e. The van der Waals surface area contributed by atoms with E-state index in [1.165, 1.54) is 11.1 Å². The summed E-state index contributed by atoms with van der Waals surface area (Å²) in [4.78, 5) is 4.81. The molecule has 2 heterocycles. The van der Waals surface area contributed by atoms with Crippen LogP contribution < -0.4 is 5.73 Å². The lowest BCUT2D eigenvalue weighted by molar-refractivity contribution is 0.392. The number of hydrogen-bond acceptors (Lipinski definition) is 4. The Morgan fingerprint density at radius 1 is 1.17 bits per heavy atom. The van der Waals surface area contributed by atoms with Crippen molar-refractivity contribution < 1.29 is 4.52 Å². The molecule has 5 nitrogen and oxygen atoms in total. The number of fused-ring (bicyclic) bond motifs is 1. The van der Waals surface area contributed by atoms with Gasteiger partial charge in [-0.2, -0.15) is 0 Å². The van der Waals surface area contributed by atoms with E-state index in [-0.39, 0.29) is 6.04 Å². The topological polar surface area (TPSA) is 69.9 Å². The van der Waals surface area contributed by atoms with Gasteiger partial charge in [0.05, 0.1) is 29.3 Å². The van der Waals surface area contributed by atoms with Crippen LogP contribution in [0.15, 0.2) is 16.7 Å². The maximum absolute atomic E-state index is 6.32. The minimum absolute atomic E-state index is 0.0801. The average Bonchev–Trinajstić information content (AvgIpc) is 3.02. The van der Waals surface area contributed by atoms with Crippen molar-refractivity contribution in [1.82, 2.24) is 14.7 Å². The molecule has 1 aromatic carbocycles. The van der Waals surface area contributed by atoms with E-state index in [1.807, 2.05) is 13.8 Å². The van der Waals surface area contributed by atoms with Crippen LogP contribution in [0.1, 0.15) is 53.4 Å². The molecule has 2 aromatic heterocycles. The van der Waals surface area contributed by atoms with Crippen LogP contribution in [0.5, 0.6) is 0 Å². The molecule has 1 unspecified atom stereocenters. The molecule has 122 valence electrons. The van der Waals surface area contributed by atoms with Gasteiger partial charge in [-0.3, -0.25) is 0 Å². The van der Waals surface area contributed by atoms with Gasteiger partial charge in [-0.15, -0.1) is 0 Å². The van der Waals surface area contributed by atoms with Gasteiger partial charge in [-0.25, -0.2) is 4.98 Å². The molecule has 0 radical (unpaired) electrons. The molecule has 23 heavy (non-hydrogen) atoms. The van der Waals surface area contributed by atoms with E-state index >= 15 is 0 Å². The molecular weight excluding hydrogens is 288 g/mol. The number of benzene rings is 1. The molecule has 0 aliphatic carbocycles. The van der Waals surface area contributed by atoms with Crippen LogP contribution in [0, 0.1) is 27.7 Å². The molecular formula is C18H24N4O. The normalized spacial score (nSPS) is 13.0. The Kier molecular flexibility index (Phi) is 3.98. The Labute approximate surface area is 136 Å². The Balaban J connectivity index is 2.21. The second kappa shape index (κ2) is 5.81. The number of aryl methyl sites for hydroxylation is 4. The van der Waals surface area contributed by atoms with E-state index in [0.717, 1.165) is 40.3 Å². The van der Waals surface area contributed by atoms with Gasteiger partial charge in [-0.1, -0.05) is 12.1 Å². The molecule has 0 aliphatic rings. The third-order valence-electron chi connectivity index (χ3n) is 4.66. The van der Waals surface area contributed by atoms with E-state index in [1.54, 1.807) is 0 Å². The molecule has 0 fully saturated rings. The highest BCUT2D eigenvalue weighted by molar-refractivity contribution is 5.78. The summed E-state index contributed by atoms with van der Waals surface area (Å²) in [5, 5.41) is 4.06. The standard InChI is InChI=1S/C18H24N4O/c1-6-15(19)18-20-16-7-10(2)11(3)8-17(16)22(18)9-14-12(4)21-23-13(14)5/h7-8,15H,6,9,19H2,1-5H3. The molecule has 0 bridgehead atoms. The fraction of sp³-hybridized carbons (Fsp3) is 0.444. The van der Waals surface area contributed by atoms with Crippen LogP contribution in [0.25, 0.3) is 11.0 Å². The van der Waals surface area contributed by atoms with Gasteiger partial charge in [0.15, 0.2) is 0 Å². The van der Waals surface area contributed by atoms with Crippen LogP contribution in [-0.4, -0.2) is 14.7 Å². The molecule has 2 N–H and O–H groups in total. The van der Waals surface area contributed by atoms with Gasteiger partial charge >= 0.3 is 0 Å². The first-order valence-corrected chi connectivity index (χ1v) is 8.07. The van der Waals surface area contributed by atoms with Crippen molar-refractivity contribution in [3.05, 3.63) is 46.1 Å². The number of aromatic nitrogens is 3. The monoisotopic (exact) mass is 312 g/mol. The summed E-state index contributed by atoms with van der Waals surface area (Å²) in [5.74, 6) is 1.77. The summed E-state index contributed by atoms with van der Waals surface area (Å²) in [6.45, 7) is 10.9. The van der Waals surface area contributed by atoms with E-state index in [0.29, 0.717) is 6.54 Å². The van der Waals surface area contributed by atoms with Gasteiger partial charge < -0.3 is 14.8 Å². The summed E-state index contributed by atoms with van der Waals surface area (Å²) in [6, 6.07) is 4.26. The van der Waals surface area contributed by atoms with Crippen LogP contribution in [0.3, 0.4) is 0 Å². The fourth-order valence-electron chi connectivity index (χ4n) is 2.92. The summed E-state index contributed by atoms with van der Waals surface area (Å²) in [5.41, 5.74) is 13.0. The third-order valence-corrected chi connectivity index (χ3v) is 4.66. The van der Waals surface area contributed by atoms with Crippen LogP contribution in [-0.2, 0) is 6.54 Å². The molecule has 0 spiro atoms. The molecule has 0 aliphatic heterocycles. The van der Waals surface area contributed by atoms with Crippen LogP contribution in [0.2, 0.25) is 0 Å². The van der Waals surface area contributed by atoms with Crippen molar-refractivity contribution in [1.29, 1.82) is 0 Å². The van der Waals surface area contributed by atoms with Crippen LogP contribution >= 0.6 is 0 Å². The van der Waals surface area contributed by atoms with Gasteiger partial charge in [0.1, 0.15) is 11.6 Å². The summed E-state index contributed by atoms with van der Waals surface area (Å²) >= 11 is 0. The fourth-order valence-corrected chi connectivity index (χ4v) is 2.92. The second-order valence-electron chi connectivity index (χ2n) is 6.30. The minimum atomic E-state index is -0.0801. The van der Waals surface area contributed by atoms with E-state index in [9.17, 15) is 0 Å². The number of nitrogens with two attached hydrogens (primary N) is 1. The summed E-state index contributed by atoms with van der Waals surface area (Å²) in [6.07, 6.45) is 0.850. The van der Waals surface area contributed by atoms with Gasteiger partial charge in [-0.05, 0) is 57.4 Å². The lowest BCUT2D eigenvalue weighted by Crippen LogP contribution is -2.16.